The van der Waals surface area contributed by atoms with Gasteiger partial charge in [-0.15, -0.1) is 0 Å². The molecule has 3 heterocycles. The molecule has 0 atom stereocenters. The molecule has 1 fully saturated rings. The summed E-state index contributed by atoms with van der Waals surface area (Å²) in [6, 6.07) is 7.93. The molecule has 0 spiro atoms. The highest BCUT2D eigenvalue weighted by Crippen LogP contribution is 2.23. The van der Waals surface area contributed by atoms with E-state index in [1.54, 1.807) is 18.7 Å². The van der Waals surface area contributed by atoms with Gasteiger partial charge in [0.05, 0.1) is 12.9 Å². The number of hydrogen-bond acceptors (Lipinski definition) is 7. The first-order valence-corrected chi connectivity index (χ1v) is 11.8. The number of imidazole rings is 1. The number of nitrogens with zero attached hydrogens (tertiary/aromatic N) is 6. The summed E-state index contributed by atoms with van der Waals surface area (Å²) in [7, 11) is 4.70. The van der Waals surface area contributed by atoms with Crippen molar-refractivity contribution in [3.05, 3.63) is 45.1 Å². The van der Waals surface area contributed by atoms with Gasteiger partial charge in [0, 0.05) is 52.5 Å². The van der Waals surface area contributed by atoms with Crippen molar-refractivity contribution in [1.82, 2.24) is 23.6 Å². The van der Waals surface area contributed by atoms with Crippen LogP contribution >= 0.6 is 11.8 Å². The van der Waals surface area contributed by atoms with E-state index >= 15 is 0 Å². The molecule has 1 aromatic carbocycles. The van der Waals surface area contributed by atoms with Crippen LogP contribution in [-0.4, -0.2) is 68.5 Å². The van der Waals surface area contributed by atoms with Crippen LogP contribution in [0.5, 0.6) is 5.75 Å². The van der Waals surface area contributed by atoms with E-state index < -0.39 is 5.69 Å². The molecule has 10 nitrogen and oxygen atoms in total. The highest BCUT2D eigenvalue weighted by Gasteiger charge is 2.23. The zero-order chi connectivity index (χ0) is 23.7. The average molecular weight is 473 g/mol. The Kier molecular flexibility index (Phi) is 6.50. The van der Waals surface area contributed by atoms with Crippen LogP contribution < -0.4 is 20.9 Å². The predicted molar refractivity (Wildman–Crippen MR) is 128 cm³/mol. The lowest BCUT2D eigenvalue weighted by molar-refractivity contribution is -0.128. The Morgan fingerprint density at radius 2 is 1.73 bits per heavy atom. The Morgan fingerprint density at radius 3 is 2.33 bits per heavy atom. The molecule has 3 aromatic rings. The highest BCUT2D eigenvalue weighted by molar-refractivity contribution is 7.99. The molecule has 176 valence electrons. The van der Waals surface area contributed by atoms with Crippen LogP contribution in [0.4, 0.5) is 5.69 Å². The van der Waals surface area contributed by atoms with Gasteiger partial charge in [-0.1, -0.05) is 11.8 Å². The SMILES string of the molecule is CCn1c(SCC(=O)N2CCN(c3ccc(OC)cc3)CC2)nc2c1c(=O)n(C)c(=O)n2C. The summed E-state index contributed by atoms with van der Waals surface area (Å²) >= 11 is 1.30. The molecule has 33 heavy (non-hydrogen) atoms. The van der Waals surface area contributed by atoms with Gasteiger partial charge in [0.1, 0.15) is 5.75 Å². The maximum absolute atomic E-state index is 12.9. The fraction of sp³-hybridized carbons (Fsp3) is 0.455. The number of carbonyl (C=O) groups is 1. The van der Waals surface area contributed by atoms with E-state index in [-0.39, 0.29) is 17.2 Å². The smallest absolute Gasteiger partial charge is 0.332 e. The predicted octanol–water partition coefficient (Wildman–Crippen LogP) is 0.903. The second-order valence-electron chi connectivity index (χ2n) is 7.87. The first kappa shape index (κ1) is 23.0. The molecular weight excluding hydrogens is 444 g/mol. The van der Waals surface area contributed by atoms with Gasteiger partial charge in [0.2, 0.25) is 5.91 Å². The maximum atomic E-state index is 12.9. The number of fused-ring (bicyclic) bond motifs is 1. The number of hydrogen-bond donors (Lipinski definition) is 0. The van der Waals surface area contributed by atoms with Crippen molar-refractivity contribution >= 4 is 34.5 Å². The normalized spacial score (nSPS) is 14.2. The van der Waals surface area contributed by atoms with Gasteiger partial charge < -0.3 is 19.1 Å². The van der Waals surface area contributed by atoms with Crippen molar-refractivity contribution in [3.8, 4) is 5.75 Å². The second-order valence-corrected chi connectivity index (χ2v) is 8.81. The number of amides is 1. The van der Waals surface area contributed by atoms with Crippen molar-refractivity contribution in [2.75, 3.05) is 43.9 Å². The topological polar surface area (TPSA) is 94.6 Å². The second kappa shape index (κ2) is 9.34. The number of anilines is 1. The van der Waals surface area contributed by atoms with E-state index in [9.17, 15) is 14.4 Å². The van der Waals surface area contributed by atoms with Crippen LogP contribution in [-0.2, 0) is 25.4 Å². The quantitative estimate of drug-likeness (QED) is 0.492. The van der Waals surface area contributed by atoms with Gasteiger partial charge in [0.15, 0.2) is 16.3 Å². The van der Waals surface area contributed by atoms with Crippen LogP contribution in [0.15, 0.2) is 39.0 Å². The van der Waals surface area contributed by atoms with Crippen molar-refractivity contribution in [2.24, 2.45) is 14.1 Å². The van der Waals surface area contributed by atoms with Gasteiger partial charge >= 0.3 is 5.69 Å². The first-order valence-electron chi connectivity index (χ1n) is 10.8. The van der Waals surface area contributed by atoms with E-state index in [0.717, 1.165) is 29.1 Å². The van der Waals surface area contributed by atoms with E-state index in [1.165, 1.54) is 23.4 Å². The molecule has 1 aliphatic heterocycles. The van der Waals surface area contributed by atoms with E-state index in [0.29, 0.717) is 36.0 Å². The van der Waals surface area contributed by atoms with Crippen molar-refractivity contribution in [3.63, 3.8) is 0 Å². The third kappa shape index (κ3) is 4.24. The molecule has 1 amide bonds. The number of methoxy groups -OCH3 is 1. The molecule has 2 aromatic heterocycles. The fourth-order valence-corrected chi connectivity index (χ4v) is 5.02. The Labute approximate surface area is 195 Å². The Hall–Kier alpha value is -3.21. The Bertz CT molecular complexity index is 1290. The highest BCUT2D eigenvalue weighted by atomic mass is 32.2. The van der Waals surface area contributed by atoms with Gasteiger partial charge in [-0.2, -0.15) is 0 Å². The van der Waals surface area contributed by atoms with Crippen LogP contribution in [0.25, 0.3) is 11.2 Å². The van der Waals surface area contributed by atoms with Crippen molar-refractivity contribution in [2.45, 2.75) is 18.6 Å². The number of carbonyl (C=O) groups excluding carboxylic acids is 1. The molecule has 4 rings (SSSR count). The van der Waals surface area contributed by atoms with E-state index in [1.807, 2.05) is 36.1 Å². The van der Waals surface area contributed by atoms with Crippen LogP contribution in [0.2, 0.25) is 0 Å². The molecule has 0 N–H and O–H groups in total. The van der Waals surface area contributed by atoms with Gasteiger partial charge in [-0.05, 0) is 31.2 Å². The summed E-state index contributed by atoms with van der Waals surface area (Å²) in [5.41, 5.74) is 1.03. The summed E-state index contributed by atoms with van der Waals surface area (Å²) in [6.07, 6.45) is 0. The van der Waals surface area contributed by atoms with Crippen molar-refractivity contribution in [1.29, 1.82) is 0 Å². The lowest BCUT2D eigenvalue weighted by Crippen LogP contribution is -2.49. The molecule has 0 saturated carbocycles. The van der Waals surface area contributed by atoms with Gasteiger partial charge in [0.25, 0.3) is 5.56 Å². The zero-order valence-electron chi connectivity index (χ0n) is 19.3. The molecule has 0 radical (unpaired) electrons. The fourth-order valence-electron chi connectivity index (χ4n) is 4.05. The molecule has 1 saturated heterocycles. The first-order chi connectivity index (χ1) is 15.8. The minimum Gasteiger partial charge on any atom is -0.497 e. The molecule has 1 aliphatic rings. The summed E-state index contributed by atoms with van der Waals surface area (Å²) < 4.78 is 9.44. The Morgan fingerprint density at radius 1 is 1.06 bits per heavy atom. The number of ether oxygens (including phenoxy) is 1. The zero-order valence-corrected chi connectivity index (χ0v) is 20.1. The summed E-state index contributed by atoms with van der Waals surface area (Å²) in [5.74, 6) is 1.08. The lowest BCUT2D eigenvalue weighted by Gasteiger charge is -2.36. The van der Waals surface area contributed by atoms with E-state index in [4.69, 9.17) is 4.74 Å². The number of aromatic nitrogens is 4. The number of benzene rings is 1. The van der Waals surface area contributed by atoms with Crippen molar-refractivity contribution < 1.29 is 9.53 Å². The summed E-state index contributed by atoms with van der Waals surface area (Å²) in [6.45, 7) is 5.23. The van der Waals surface area contributed by atoms with Crippen LogP contribution in [0, 0.1) is 0 Å². The third-order valence-corrected chi connectivity index (χ3v) is 6.99. The largest absolute Gasteiger partial charge is 0.497 e. The van der Waals surface area contributed by atoms with Crippen LogP contribution in [0.1, 0.15) is 6.92 Å². The van der Waals surface area contributed by atoms with Gasteiger partial charge in [-0.3, -0.25) is 18.7 Å². The molecular formula is C22H28N6O4S. The van der Waals surface area contributed by atoms with Gasteiger partial charge in [-0.25, -0.2) is 9.78 Å². The monoisotopic (exact) mass is 472 g/mol. The maximum Gasteiger partial charge on any atom is 0.332 e. The summed E-state index contributed by atoms with van der Waals surface area (Å²) in [5, 5.41) is 0.566. The third-order valence-electron chi connectivity index (χ3n) is 6.02. The number of thioether (sulfide) groups is 1. The minimum atomic E-state index is -0.421. The number of rotatable bonds is 6. The Balaban J connectivity index is 1.43. The lowest BCUT2D eigenvalue weighted by atomic mass is 10.2. The minimum absolute atomic E-state index is 0.0332. The molecule has 11 heteroatoms. The number of piperazine rings is 1. The van der Waals surface area contributed by atoms with Crippen LogP contribution in [0.3, 0.4) is 0 Å². The van der Waals surface area contributed by atoms with E-state index in [2.05, 4.69) is 9.88 Å². The standard InChI is InChI=1S/C22H28N6O4S/c1-5-28-18-19(24(2)22(31)25(3)20(18)30)23-21(28)33-14-17(29)27-12-10-26(11-13-27)15-6-8-16(32-4)9-7-15/h6-9H,5,10-14H2,1-4H3. The molecule has 0 aliphatic carbocycles. The molecule has 0 bridgehead atoms. The number of aryl methyl sites for hydroxylation is 2. The average Bonchev–Trinajstić information content (AvgIpc) is 3.23. The summed E-state index contributed by atoms with van der Waals surface area (Å²) in [4.78, 5) is 46.4. The molecule has 0 unspecified atom stereocenters.